The highest BCUT2D eigenvalue weighted by Crippen LogP contribution is 2.23. The molecule has 9 nitrogen and oxygen atoms in total. The van der Waals surface area contributed by atoms with Crippen molar-refractivity contribution in [2.75, 3.05) is 32.8 Å². The molecular weight excluding hydrogens is 389 g/mol. The number of morpholine rings is 1. The van der Waals surface area contributed by atoms with Crippen molar-refractivity contribution in [1.29, 1.82) is 0 Å². The molecule has 1 N–H and O–H groups in total. The number of aromatic nitrogens is 5. The molecule has 10 heteroatoms. The summed E-state index contributed by atoms with van der Waals surface area (Å²) in [5.74, 6) is -0.640. The van der Waals surface area contributed by atoms with Gasteiger partial charge in [-0.25, -0.2) is 9.07 Å². The first-order valence-corrected chi connectivity index (χ1v) is 9.70. The molecule has 4 rings (SSSR count). The summed E-state index contributed by atoms with van der Waals surface area (Å²) < 4.78 is 20.1. The summed E-state index contributed by atoms with van der Waals surface area (Å²) >= 11 is 0. The van der Waals surface area contributed by atoms with Crippen LogP contribution in [0.3, 0.4) is 0 Å². The number of halogens is 1. The lowest BCUT2D eigenvalue weighted by Gasteiger charge is -2.29. The highest BCUT2D eigenvalue weighted by Gasteiger charge is 2.17. The Morgan fingerprint density at radius 2 is 2.10 bits per heavy atom. The largest absolute Gasteiger partial charge is 0.379 e. The summed E-state index contributed by atoms with van der Waals surface area (Å²) in [7, 11) is 0. The minimum Gasteiger partial charge on any atom is -0.379 e. The van der Waals surface area contributed by atoms with Crippen LogP contribution in [0.15, 0.2) is 42.9 Å². The maximum Gasteiger partial charge on any atom is 0.251 e. The zero-order valence-corrected chi connectivity index (χ0v) is 16.5. The van der Waals surface area contributed by atoms with E-state index >= 15 is 0 Å². The van der Waals surface area contributed by atoms with Crippen molar-refractivity contribution < 1.29 is 13.9 Å². The van der Waals surface area contributed by atoms with Crippen LogP contribution >= 0.6 is 0 Å². The molecule has 156 valence electrons. The van der Waals surface area contributed by atoms with E-state index in [1.165, 1.54) is 17.1 Å². The van der Waals surface area contributed by atoms with Crippen molar-refractivity contribution in [3.63, 3.8) is 0 Å². The summed E-state index contributed by atoms with van der Waals surface area (Å²) in [6.07, 6.45) is 2.59. The maximum absolute atomic E-state index is 13.3. The molecule has 1 atom stereocenters. The third-order valence-electron chi connectivity index (χ3n) is 4.83. The van der Waals surface area contributed by atoms with Gasteiger partial charge in [-0.3, -0.25) is 14.7 Å². The predicted octanol–water partition coefficient (Wildman–Crippen LogP) is 1.31. The molecule has 0 spiro atoms. The maximum atomic E-state index is 13.3. The Balaban J connectivity index is 1.57. The molecule has 3 aromatic rings. The molecule has 1 unspecified atom stereocenters. The highest BCUT2D eigenvalue weighted by atomic mass is 19.1. The molecule has 1 saturated heterocycles. The molecule has 1 aromatic carbocycles. The Bertz CT molecular complexity index is 989. The fourth-order valence-corrected chi connectivity index (χ4v) is 3.37. The van der Waals surface area contributed by atoms with Crippen LogP contribution in [-0.4, -0.2) is 74.9 Å². The molecule has 0 radical (unpaired) electrons. The number of carbonyl (C=O) groups is 1. The van der Waals surface area contributed by atoms with Crippen LogP contribution in [-0.2, 0) is 4.74 Å². The van der Waals surface area contributed by atoms with E-state index in [0.29, 0.717) is 35.7 Å². The summed E-state index contributed by atoms with van der Waals surface area (Å²) in [6, 6.07) is 8.09. The second-order valence-electron chi connectivity index (χ2n) is 7.17. The molecule has 1 fully saturated rings. The van der Waals surface area contributed by atoms with Crippen molar-refractivity contribution in [3.8, 4) is 16.9 Å². The van der Waals surface area contributed by atoms with Gasteiger partial charge in [0.15, 0.2) is 0 Å². The minimum atomic E-state index is -0.426. The molecule has 0 aliphatic carbocycles. The van der Waals surface area contributed by atoms with Gasteiger partial charge in [0.05, 0.1) is 30.8 Å². The Morgan fingerprint density at radius 3 is 2.80 bits per heavy atom. The molecule has 0 saturated carbocycles. The van der Waals surface area contributed by atoms with Crippen LogP contribution in [0, 0.1) is 5.82 Å². The van der Waals surface area contributed by atoms with Crippen molar-refractivity contribution in [2.24, 2.45) is 0 Å². The Morgan fingerprint density at radius 1 is 1.27 bits per heavy atom. The van der Waals surface area contributed by atoms with Gasteiger partial charge < -0.3 is 10.1 Å². The van der Waals surface area contributed by atoms with E-state index in [2.05, 4.69) is 30.7 Å². The lowest BCUT2D eigenvalue weighted by Crippen LogP contribution is -2.46. The highest BCUT2D eigenvalue weighted by molar-refractivity contribution is 5.96. The number of rotatable bonds is 6. The number of amides is 1. The number of nitrogens with one attached hydrogen (secondary N) is 1. The molecule has 0 bridgehead atoms. The average Bonchev–Trinajstić information content (AvgIpc) is 3.29. The Kier molecular flexibility index (Phi) is 6.05. The second-order valence-corrected chi connectivity index (χ2v) is 7.17. The molecule has 2 aromatic heterocycles. The predicted molar refractivity (Wildman–Crippen MR) is 107 cm³/mol. The summed E-state index contributed by atoms with van der Waals surface area (Å²) in [4.78, 5) is 19.3. The fraction of sp³-hybridized carbons (Fsp3) is 0.350. The lowest BCUT2D eigenvalue weighted by molar-refractivity contribution is 0.0342. The Hall–Kier alpha value is -3.24. The molecule has 1 aliphatic heterocycles. The van der Waals surface area contributed by atoms with Gasteiger partial charge in [0.2, 0.25) is 0 Å². The van der Waals surface area contributed by atoms with Crippen molar-refractivity contribution in [3.05, 3.63) is 54.2 Å². The van der Waals surface area contributed by atoms with Crippen molar-refractivity contribution in [2.45, 2.75) is 13.0 Å². The van der Waals surface area contributed by atoms with Gasteiger partial charge in [-0.05, 0) is 47.7 Å². The number of ether oxygens (including phenoxy) is 1. The number of carbonyl (C=O) groups excluding carboxylic acids is 1. The number of tetrazole rings is 1. The average molecular weight is 411 g/mol. The first-order valence-electron chi connectivity index (χ1n) is 9.70. The van der Waals surface area contributed by atoms with Gasteiger partial charge >= 0.3 is 0 Å². The third-order valence-corrected chi connectivity index (χ3v) is 4.83. The van der Waals surface area contributed by atoms with E-state index < -0.39 is 5.82 Å². The minimum absolute atomic E-state index is 0.0420. The third kappa shape index (κ3) is 4.84. The standard InChI is InChI=1S/C20H22FN7O2/c1-14(12-27-4-6-30-7-5-27)24-20(29)16-8-15(19-3-2-17(21)11-22-19)9-18(10-16)28-13-23-25-26-28/h2-3,8-11,13-14H,4-7,12H2,1H3,(H,24,29). The quantitative estimate of drug-likeness (QED) is 0.653. The van der Waals surface area contributed by atoms with E-state index in [-0.39, 0.29) is 11.9 Å². The zero-order chi connectivity index (χ0) is 20.9. The first kappa shape index (κ1) is 20.0. The van der Waals surface area contributed by atoms with Crippen LogP contribution in [0.4, 0.5) is 4.39 Å². The van der Waals surface area contributed by atoms with E-state index in [1.807, 2.05) is 6.92 Å². The summed E-state index contributed by atoms with van der Waals surface area (Å²) in [5, 5.41) is 14.2. The SMILES string of the molecule is CC(CN1CCOCC1)NC(=O)c1cc(-c2ccc(F)cn2)cc(-n2cnnn2)c1. The van der Waals surface area contributed by atoms with Gasteiger partial charge in [-0.2, -0.15) is 0 Å². The molecule has 1 aliphatic rings. The summed E-state index contributed by atoms with van der Waals surface area (Å²) in [5.41, 5.74) is 2.25. The number of nitrogens with zero attached hydrogens (tertiary/aromatic N) is 6. The normalized spacial score (nSPS) is 15.7. The van der Waals surface area contributed by atoms with Crippen LogP contribution in [0.2, 0.25) is 0 Å². The number of benzene rings is 1. The Labute approximate surface area is 172 Å². The fourth-order valence-electron chi connectivity index (χ4n) is 3.37. The number of hydrogen-bond donors (Lipinski definition) is 1. The molecular formula is C20H22FN7O2. The van der Waals surface area contributed by atoms with Gasteiger partial charge in [0.25, 0.3) is 5.91 Å². The van der Waals surface area contributed by atoms with Gasteiger partial charge in [-0.15, -0.1) is 5.10 Å². The zero-order valence-electron chi connectivity index (χ0n) is 16.5. The van der Waals surface area contributed by atoms with Crippen LogP contribution in [0.25, 0.3) is 16.9 Å². The molecule has 3 heterocycles. The van der Waals surface area contributed by atoms with Crippen LogP contribution < -0.4 is 5.32 Å². The first-order chi connectivity index (χ1) is 14.6. The topological polar surface area (TPSA) is 98.1 Å². The second kappa shape index (κ2) is 9.06. The van der Waals surface area contributed by atoms with E-state index in [0.717, 1.165) is 25.8 Å². The van der Waals surface area contributed by atoms with Gasteiger partial charge in [-0.1, -0.05) is 0 Å². The van der Waals surface area contributed by atoms with Crippen molar-refractivity contribution in [1.82, 2.24) is 35.4 Å². The van der Waals surface area contributed by atoms with Crippen molar-refractivity contribution >= 4 is 5.91 Å². The smallest absolute Gasteiger partial charge is 0.251 e. The lowest BCUT2D eigenvalue weighted by atomic mass is 10.0. The molecule has 1 amide bonds. The van der Waals surface area contributed by atoms with Crippen LogP contribution in [0.5, 0.6) is 0 Å². The number of hydrogen-bond acceptors (Lipinski definition) is 7. The van der Waals surface area contributed by atoms with Gasteiger partial charge in [0, 0.05) is 36.8 Å². The summed E-state index contributed by atoms with van der Waals surface area (Å²) in [6.45, 7) is 5.85. The van der Waals surface area contributed by atoms with E-state index in [1.54, 1.807) is 24.3 Å². The van der Waals surface area contributed by atoms with E-state index in [9.17, 15) is 9.18 Å². The van der Waals surface area contributed by atoms with E-state index in [4.69, 9.17) is 4.74 Å². The van der Waals surface area contributed by atoms with Crippen LogP contribution in [0.1, 0.15) is 17.3 Å². The number of pyridine rings is 1. The van der Waals surface area contributed by atoms with Gasteiger partial charge in [0.1, 0.15) is 12.1 Å². The monoisotopic (exact) mass is 411 g/mol. The molecule has 30 heavy (non-hydrogen) atoms.